The molecule has 1 aliphatic heterocycles. The Bertz CT molecular complexity index is 562. The molecule has 0 N–H and O–H groups in total. The molecule has 0 bridgehead atoms. The second-order valence-corrected chi connectivity index (χ2v) is 6.77. The van der Waals surface area contributed by atoms with Crippen LogP contribution in [0, 0.1) is 0 Å². The van der Waals surface area contributed by atoms with Gasteiger partial charge in [-0.3, -0.25) is 0 Å². The van der Waals surface area contributed by atoms with Crippen molar-refractivity contribution in [1.82, 2.24) is 0 Å². The predicted molar refractivity (Wildman–Crippen MR) is 81.3 cm³/mol. The first-order valence-electron chi connectivity index (χ1n) is 6.80. The van der Waals surface area contributed by atoms with Crippen LogP contribution in [0.4, 0.5) is 0 Å². The summed E-state index contributed by atoms with van der Waals surface area (Å²) in [5.41, 5.74) is 0. The average Bonchev–Trinajstić information content (AvgIpc) is 2.48. The summed E-state index contributed by atoms with van der Waals surface area (Å²) in [6.07, 6.45) is 0. The molecule has 2 aromatic rings. The van der Waals surface area contributed by atoms with Crippen molar-refractivity contribution in [3.05, 3.63) is 36.4 Å². The van der Waals surface area contributed by atoms with Crippen LogP contribution in [0.1, 0.15) is 6.92 Å². The summed E-state index contributed by atoms with van der Waals surface area (Å²) >= 11 is 0. The van der Waals surface area contributed by atoms with Crippen molar-refractivity contribution in [3.8, 4) is 5.75 Å². The Morgan fingerprint density at radius 1 is 1.11 bits per heavy atom. The molecule has 1 saturated heterocycles. The summed E-state index contributed by atoms with van der Waals surface area (Å²) in [6.45, 7) is 4.51. The first-order chi connectivity index (χ1) is 9.40. The van der Waals surface area contributed by atoms with E-state index in [2.05, 4.69) is 36.4 Å². The van der Waals surface area contributed by atoms with Gasteiger partial charge in [-0.1, -0.05) is 24.3 Å². The summed E-state index contributed by atoms with van der Waals surface area (Å²) in [5, 5.41) is 2.65. The van der Waals surface area contributed by atoms with Crippen molar-refractivity contribution < 1.29 is 9.47 Å². The maximum atomic E-state index is 5.86. The zero-order valence-corrected chi connectivity index (χ0v) is 12.0. The number of benzene rings is 2. The highest BCUT2D eigenvalue weighted by molar-refractivity contribution is 7.97. The minimum absolute atomic E-state index is 0.254. The van der Waals surface area contributed by atoms with Crippen LogP contribution in [-0.2, 0) is 15.6 Å². The van der Waals surface area contributed by atoms with Crippen molar-refractivity contribution in [1.29, 1.82) is 0 Å². The molecule has 0 aliphatic carbocycles. The molecule has 2 aromatic carbocycles. The Balaban J connectivity index is 2.13. The van der Waals surface area contributed by atoms with Crippen molar-refractivity contribution in [2.24, 2.45) is 0 Å². The Labute approximate surface area is 117 Å². The van der Waals surface area contributed by atoms with Crippen molar-refractivity contribution in [2.45, 2.75) is 11.8 Å². The lowest BCUT2D eigenvalue weighted by atomic mass is 10.1. The minimum Gasteiger partial charge on any atom is -0.489 e. The maximum Gasteiger partial charge on any atom is 0.204 e. The summed E-state index contributed by atoms with van der Waals surface area (Å²) < 4.78 is 11.4. The lowest BCUT2D eigenvalue weighted by molar-refractivity contribution is 0.159. The molecule has 0 atom stereocenters. The molecule has 1 heterocycles. The minimum atomic E-state index is 0.254. The number of ether oxygens (including phenoxy) is 2. The molecule has 0 amide bonds. The fourth-order valence-electron chi connectivity index (χ4n) is 2.52. The summed E-state index contributed by atoms with van der Waals surface area (Å²) in [6, 6.07) is 12.9. The van der Waals surface area contributed by atoms with Crippen LogP contribution in [-0.4, -0.2) is 31.3 Å². The van der Waals surface area contributed by atoms with E-state index in [1.165, 1.54) is 15.7 Å². The molecule has 0 spiro atoms. The molecule has 0 saturated carbocycles. The average molecular weight is 275 g/mol. The maximum absolute atomic E-state index is 5.86. The predicted octanol–water partition coefficient (Wildman–Crippen LogP) is 3.25. The molecule has 3 rings (SSSR count). The highest BCUT2D eigenvalue weighted by Gasteiger charge is 2.31. The molecule has 19 heavy (non-hydrogen) atoms. The van der Waals surface area contributed by atoms with Crippen LogP contribution in [0.5, 0.6) is 5.75 Å². The third kappa shape index (κ3) is 2.58. The second kappa shape index (κ2) is 5.85. The fourth-order valence-corrected chi connectivity index (χ4v) is 4.68. The number of hydrogen-bond acceptors (Lipinski definition) is 2. The Hall–Kier alpha value is -1.19. The van der Waals surface area contributed by atoms with E-state index in [9.17, 15) is 0 Å². The van der Waals surface area contributed by atoms with Gasteiger partial charge in [-0.15, -0.1) is 0 Å². The Kier molecular flexibility index (Phi) is 3.95. The van der Waals surface area contributed by atoms with Crippen LogP contribution in [0.3, 0.4) is 0 Å². The third-order valence-corrected chi connectivity index (χ3v) is 5.70. The van der Waals surface area contributed by atoms with E-state index in [4.69, 9.17) is 9.47 Å². The molecular weight excluding hydrogens is 256 g/mol. The van der Waals surface area contributed by atoms with Gasteiger partial charge >= 0.3 is 0 Å². The standard InChI is InChI=1S/C16H19O2S/c1-2-18-15-8-7-13-5-3-4-6-14(13)16(15)19-11-9-17-10-12-19/h3-8H,2,9-12H2,1H3/q+1. The molecule has 1 fully saturated rings. The van der Waals surface area contributed by atoms with E-state index in [1.807, 2.05) is 6.92 Å². The van der Waals surface area contributed by atoms with E-state index in [0.717, 1.165) is 37.1 Å². The monoisotopic (exact) mass is 275 g/mol. The number of fused-ring (bicyclic) bond motifs is 1. The van der Waals surface area contributed by atoms with Gasteiger partial charge in [0, 0.05) is 16.3 Å². The fraction of sp³-hybridized carbons (Fsp3) is 0.375. The van der Waals surface area contributed by atoms with Gasteiger partial charge in [0.2, 0.25) is 4.90 Å². The summed E-state index contributed by atoms with van der Waals surface area (Å²) in [5.74, 6) is 3.30. The van der Waals surface area contributed by atoms with Gasteiger partial charge in [-0.2, -0.15) is 0 Å². The second-order valence-electron chi connectivity index (χ2n) is 4.56. The van der Waals surface area contributed by atoms with E-state index in [-0.39, 0.29) is 10.9 Å². The smallest absolute Gasteiger partial charge is 0.204 e. The topological polar surface area (TPSA) is 18.5 Å². The van der Waals surface area contributed by atoms with Gasteiger partial charge in [-0.25, -0.2) is 0 Å². The molecule has 0 aromatic heterocycles. The molecule has 1 aliphatic rings. The van der Waals surface area contributed by atoms with Gasteiger partial charge in [0.25, 0.3) is 0 Å². The van der Waals surface area contributed by atoms with Crippen molar-refractivity contribution in [3.63, 3.8) is 0 Å². The van der Waals surface area contributed by atoms with Crippen LogP contribution >= 0.6 is 0 Å². The van der Waals surface area contributed by atoms with Gasteiger partial charge in [0.05, 0.1) is 19.8 Å². The summed E-state index contributed by atoms with van der Waals surface area (Å²) in [7, 11) is 0.254. The van der Waals surface area contributed by atoms with Gasteiger partial charge in [0.1, 0.15) is 11.5 Å². The van der Waals surface area contributed by atoms with E-state index in [0.29, 0.717) is 0 Å². The SMILES string of the molecule is CCOc1ccc2ccccc2c1[S+]1CCOCC1. The molecule has 100 valence electrons. The van der Waals surface area contributed by atoms with Crippen molar-refractivity contribution >= 4 is 21.7 Å². The highest BCUT2D eigenvalue weighted by Crippen LogP contribution is 2.34. The van der Waals surface area contributed by atoms with E-state index < -0.39 is 0 Å². The normalized spacial score (nSPS) is 16.7. The molecule has 0 unspecified atom stereocenters. The molecule has 3 heteroatoms. The molecule has 2 nitrogen and oxygen atoms in total. The Morgan fingerprint density at radius 2 is 1.89 bits per heavy atom. The van der Waals surface area contributed by atoms with Crippen LogP contribution in [0.2, 0.25) is 0 Å². The lowest BCUT2D eigenvalue weighted by Gasteiger charge is -2.18. The van der Waals surface area contributed by atoms with Gasteiger partial charge in [0.15, 0.2) is 5.75 Å². The highest BCUT2D eigenvalue weighted by atomic mass is 32.2. The zero-order chi connectivity index (χ0) is 13.1. The van der Waals surface area contributed by atoms with Crippen molar-refractivity contribution in [2.75, 3.05) is 31.3 Å². The molecular formula is C16H19O2S+. The van der Waals surface area contributed by atoms with Crippen LogP contribution < -0.4 is 4.74 Å². The largest absolute Gasteiger partial charge is 0.489 e. The first kappa shape index (κ1) is 12.8. The summed E-state index contributed by atoms with van der Waals surface area (Å²) in [4.78, 5) is 1.41. The van der Waals surface area contributed by atoms with Crippen LogP contribution in [0.15, 0.2) is 41.3 Å². The zero-order valence-electron chi connectivity index (χ0n) is 11.2. The van der Waals surface area contributed by atoms with Gasteiger partial charge in [-0.05, 0) is 24.4 Å². The quantitative estimate of drug-likeness (QED) is 0.801. The van der Waals surface area contributed by atoms with E-state index >= 15 is 0 Å². The van der Waals surface area contributed by atoms with Gasteiger partial charge < -0.3 is 9.47 Å². The third-order valence-electron chi connectivity index (χ3n) is 3.38. The molecule has 0 radical (unpaired) electrons. The lowest BCUT2D eigenvalue weighted by Crippen LogP contribution is -2.27. The van der Waals surface area contributed by atoms with E-state index in [1.54, 1.807) is 0 Å². The number of hydrogen-bond donors (Lipinski definition) is 0. The number of rotatable bonds is 3. The van der Waals surface area contributed by atoms with Crippen LogP contribution in [0.25, 0.3) is 10.8 Å². The first-order valence-corrected chi connectivity index (χ1v) is 8.36. The Morgan fingerprint density at radius 3 is 2.68 bits per heavy atom.